The molecule has 2 aromatic carbocycles. The summed E-state index contributed by atoms with van der Waals surface area (Å²) in [6.07, 6.45) is -1.58. The van der Waals surface area contributed by atoms with Gasteiger partial charge in [0.1, 0.15) is 0 Å². The molecular weight excluding hydrogens is 426 g/mol. The highest BCUT2D eigenvalue weighted by Gasteiger charge is 2.23. The summed E-state index contributed by atoms with van der Waals surface area (Å²) >= 11 is 0. The molecule has 1 atom stereocenters. The van der Waals surface area contributed by atoms with Gasteiger partial charge >= 0.3 is 5.97 Å². The molecule has 0 saturated carbocycles. The molecule has 0 spiro atoms. The SMILES string of the molecule is Cc1ccc(S(=O)(=O)N(C)C)cc1NC(=O)[C@H](C)OC(=O)Cc1ccccc1[N+](=O)[O-]. The number of esters is 1. The summed E-state index contributed by atoms with van der Waals surface area (Å²) in [6, 6.07) is 10.1. The number of nitro benzene ring substituents is 1. The first-order valence-electron chi connectivity index (χ1n) is 9.19. The lowest BCUT2D eigenvalue weighted by molar-refractivity contribution is -0.385. The summed E-state index contributed by atoms with van der Waals surface area (Å²) in [5.41, 5.74) is 0.827. The number of hydrogen-bond donors (Lipinski definition) is 1. The van der Waals surface area contributed by atoms with E-state index in [1.54, 1.807) is 19.1 Å². The highest BCUT2D eigenvalue weighted by Crippen LogP contribution is 2.23. The summed E-state index contributed by atoms with van der Waals surface area (Å²) in [7, 11) is -0.906. The second kappa shape index (κ2) is 9.67. The van der Waals surface area contributed by atoms with Crippen LogP contribution in [0.2, 0.25) is 0 Å². The molecule has 31 heavy (non-hydrogen) atoms. The Bertz CT molecular complexity index is 1110. The number of aryl methyl sites for hydroxylation is 1. The first-order chi connectivity index (χ1) is 14.4. The smallest absolute Gasteiger partial charge is 0.311 e. The number of carbonyl (C=O) groups excluding carboxylic acids is 2. The summed E-state index contributed by atoms with van der Waals surface area (Å²) in [4.78, 5) is 35.1. The van der Waals surface area contributed by atoms with E-state index in [2.05, 4.69) is 5.32 Å². The molecule has 0 aliphatic carbocycles. The minimum Gasteiger partial charge on any atom is -0.452 e. The molecule has 2 aromatic rings. The maximum Gasteiger partial charge on any atom is 0.311 e. The van der Waals surface area contributed by atoms with Crippen molar-refractivity contribution in [2.45, 2.75) is 31.3 Å². The molecule has 1 N–H and O–H groups in total. The normalized spacial score (nSPS) is 12.3. The van der Waals surface area contributed by atoms with Crippen LogP contribution in [0, 0.1) is 17.0 Å². The van der Waals surface area contributed by atoms with Crippen molar-refractivity contribution in [2.75, 3.05) is 19.4 Å². The molecule has 0 unspecified atom stereocenters. The number of para-hydroxylation sites is 1. The number of ether oxygens (including phenoxy) is 1. The van der Waals surface area contributed by atoms with E-state index < -0.39 is 32.9 Å². The van der Waals surface area contributed by atoms with Crippen LogP contribution >= 0.6 is 0 Å². The summed E-state index contributed by atoms with van der Waals surface area (Å²) in [6.45, 7) is 3.04. The van der Waals surface area contributed by atoms with Crippen LogP contribution in [-0.4, -0.2) is 49.7 Å². The zero-order valence-corrected chi connectivity index (χ0v) is 18.3. The quantitative estimate of drug-likeness (QED) is 0.371. The fourth-order valence-corrected chi connectivity index (χ4v) is 3.56. The van der Waals surface area contributed by atoms with E-state index in [4.69, 9.17) is 4.74 Å². The lowest BCUT2D eigenvalue weighted by atomic mass is 10.1. The number of benzene rings is 2. The molecule has 0 aliphatic heterocycles. The van der Waals surface area contributed by atoms with Gasteiger partial charge in [-0.05, 0) is 31.5 Å². The van der Waals surface area contributed by atoms with Crippen molar-refractivity contribution in [1.29, 1.82) is 0 Å². The first kappa shape index (κ1) is 24.0. The van der Waals surface area contributed by atoms with Crippen molar-refractivity contribution in [1.82, 2.24) is 4.31 Å². The van der Waals surface area contributed by atoms with Gasteiger partial charge in [-0.25, -0.2) is 12.7 Å². The maximum absolute atomic E-state index is 12.5. The maximum atomic E-state index is 12.5. The molecule has 0 bridgehead atoms. The molecule has 1 amide bonds. The van der Waals surface area contributed by atoms with Crippen molar-refractivity contribution in [3.63, 3.8) is 0 Å². The predicted octanol–water partition coefficient (Wildman–Crippen LogP) is 2.27. The standard InChI is InChI=1S/C20H23N3O7S/c1-13-9-10-16(31(28,29)22(3)4)12-17(13)21-20(25)14(2)30-19(24)11-15-7-5-6-8-18(15)23(26)27/h5-10,12,14H,11H2,1-4H3,(H,21,25)/t14-/m0/s1. The van der Waals surface area contributed by atoms with E-state index >= 15 is 0 Å². The summed E-state index contributed by atoms with van der Waals surface area (Å²) < 4.78 is 30.8. The third-order valence-corrected chi connectivity index (χ3v) is 6.26. The number of nitrogens with one attached hydrogen (secondary N) is 1. The van der Waals surface area contributed by atoms with Gasteiger partial charge in [0.05, 0.1) is 16.2 Å². The molecule has 11 heteroatoms. The number of nitro groups is 1. The van der Waals surface area contributed by atoms with Gasteiger partial charge in [-0.1, -0.05) is 24.3 Å². The average molecular weight is 449 g/mol. The van der Waals surface area contributed by atoms with Crippen molar-refractivity contribution >= 4 is 33.3 Å². The summed E-state index contributed by atoms with van der Waals surface area (Å²) in [5.74, 6) is -1.48. The van der Waals surface area contributed by atoms with Gasteiger partial charge in [0.2, 0.25) is 10.0 Å². The van der Waals surface area contributed by atoms with E-state index in [1.165, 1.54) is 51.4 Å². The minimum absolute atomic E-state index is 0.000523. The van der Waals surface area contributed by atoms with Crippen LogP contribution in [0.1, 0.15) is 18.1 Å². The van der Waals surface area contributed by atoms with Gasteiger partial charge in [0.25, 0.3) is 11.6 Å². The Morgan fingerprint density at radius 2 is 1.84 bits per heavy atom. The number of amides is 1. The van der Waals surface area contributed by atoms with Crippen LogP contribution in [0.5, 0.6) is 0 Å². The van der Waals surface area contributed by atoms with Crippen molar-refractivity contribution in [3.05, 3.63) is 63.7 Å². The molecule has 0 saturated heterocycles. The molecule has 0 heterocycles. The largest absolute Gasteiger partial charge is 0.452 e. The molecule has 0 aliphatic rings. The van der Waals surface area contributed by atoms with E-state index in [0.29, 0.717) is 5.56 Å². The Hall–Kier alpha value is -3.31. The van der Waals surface area contributed by atoms with Crippen LogP contribution in [0.4, 0.5) is 11.4 Å². The number of anilines is 1. The van der Waals surface area contributed by atoms with Crippen molar-refractivity contribution in [2.24, 2.45) is 0 Å². The molecule has 10 nitrogen and oxygen atoms in total. The molecular formula is C20H23N3O7S. The average Bonchev–Trinajstić information content (AvgIpc) is 2.69. The lowest BCUT2D eigenvalue weighted by Gasteiger charge is -2.17. The number of sulfonamides is 1. The topological polar surface area (TPSA) is 136 Å². The molecule has 166 valence electrons. The zero-order chi connectivity index (χ0) is 23.3. The Balaban J connectivity index is 2.10. The van der Waals surface area contributed by atoms with E-state index in [1.807, 2.05) is 0 Å². The second-order valence-electron chi connectivity index (χ2n) is 6.95. The van der Waals surface area contributed by atoms with E-state index in [0.717, 1.165) is 4.31 Å². The summed E-state index contributed by atoms with van der Waals surface area (Å²) in [5, 5.41) is 13.6. The number of hydrogen-bond acceptors (Lipinski definition) is 7. The molecule has 0 radical (unpaired) electrons. The van der Waals surface area contributed by atoms with Gasteiger partial charge in [-0.15, -0.1) is 0 Å². The Morgan fingerprint density at radius 1 is 1.19 bits per heavy atom. The van der Waals surface area contributed by atoms with Crippen LogP contribution < -0.4 is 5.32 Å². The van der Waals surface area contributed by atoms with Gasteiger partial charge in [-0.3, -0.25) is 19.7 Å². The van der Waals surface area contributed by atoms with Crippen molar-refractivity contribution in [3.8, 4) is 0 Å². The second-order valence-corrected chi connectivity index (χ2v) is 9.10. The van der Waals surface area contributed by atoms with Crippen LogP contribution in [-0.2, 0) is 30.8 Å². The van der Waals surface area contributed by atoms with E-state index in [-0.39, 0.29) is 28.3 Å². The van der Waals surface area contributed by atoms with Gasteiger partial charge < -0.3 is 10.1 Å². The van der Waals surface area contributed by atoms with Crippen LogP contribution in [0.25, 0.3) is 0 Å². The highest BCUT2D eigenvalue weighted by molar-refractivity contribution is 7.89. The molecule has 0 fully saturated rings. The first-order valence-corrected chi connectivity index (χ1v) is 10.6. The number of carbonyl (C=O) groups is 2. The monoisotopic (exact) mass is 449 g/mol. The van der Waals surface area contributed by atoms with E-state index in [9.17, 15) is 28.1 Å². The van der Waals surface area contributed by atoms with Gasteiger partial charge in [0, 0.05) is 31.4 Å². The Kier molecular flexibility index (Phi) is 7.47. The fourth-order valence-electron chi connectivity index (χ4n) is 2.63. The lowest BCUT2D eigenvalue weighted by Crippen LogP contribution is -2.31. The third kappa shape index (κ3) is 5.86. The number of rotatable bonds is 8. The van der Waals surface area contributed by atoms with Gasteiger partial charge in [-0.2, -0.15) is 0 Å². The Labute approximate surface area is 180 Å². The predicted molar refractivity (Wildman–Crippen MR) is 113 cm³/mol. The zero-order valence-electron chi connectivity index (χ0n) is 17.5. The molecule has 2 rings (SSSR count). The minimum atomic E-state index is -3.70. The van der Waals surface area contributed by atoms with Crippen LogP contribution in [0.15, 0.2) is 47.4 Å². The van der Waals surface area contributed by atoms with Crippen molar-refractivity contribution < 1.29 is 27.7 Å². The third-order valence-electron chi connectivity index (χ3n) is 4.45. The fraction of sp³-hybridized carbons (Fsp3) is 0.300. The van der Waals surface area contributed by atoms with Gasteiger partial charge in [0.15, 0.2) is 6.10 Å². The molecule has 0 aromatic heterocycles. The number of nitrogens with zero attached hydrogens (tertiary/aromatic N) is 2. The highest BCUT2D eigenvalue weighted by atomic mass is 32.2. The Morgan fingerprint density at radius 3 is 2.45 bits per heavy atom. The van der Waals surface area contributed by atoms with Crippen LogP contribution in [0.3, 0.4) is 0 Å².